The number of phenolic OH excluding ortho intramolecular Hbond substituents is 1. The van der Waals surface area contributed by atoms with Crippen LogP contribution in [0.2, 0.25) is 0 Å². The number of benzene rings is 1. The van der Waals surface area contributed by atoms with E-state index in [1.807, 2.05) is 19.9 Å². The van der Waals surface area contributed by atoms with Crippen molar-refractivity contribution in [1.29, 1.82) is 0 Å². The fourth-order valence-corrected chi connectivity index (χ4v) is 1.83. The number of phenols is 1. The van der Waals surface area contributed by atoms with E-state index >= 15 is 0 Å². The van der Waals surface area contributed by atoms with Crippen molar-refractivity contribution in [3.63, 3.8) is 0 Å². The fourth-order valence-electron chi connectivity index (χ4n) is 1.83. The average molecular weight is 208 g/mol. The van der Waals surface area contributed by atoms with Crippen molar-refractivity contribution in [3.8, 4) is 11.5 Å². The molecule has 0 bridgehead atoms. The van der Waals surface area contributed by atoms with Crippen molar-refractivity contribution in [3.05, 3.63) is 23.8 Å². The zero-order valence-corrected chi connectivity index (χ0v) is 9.12. The van der Waals surface area contributed by atoms with Crippen LogP contribution in [0, 0.1) is 0 Å². The van der Waals surface area contributed by atoms with Crippen LogP contribution in [0.4, 0.5) is 0 Å². The highest BCUT2D eigenvalue weighted by atomic mass is 16.7. The van der Waals surface area contributed by atoms with E-state index in [2.05, 4.69) is 0 Å². The lowest BCUT2D eigenvalue weighted by Gasteiger charge is -2.37. The first kappa shape index (κ1) is 10.3. The van der Waals surface area contributed by atoms with Gasteiger partial charge in [-0.2, -0.15) is 0 Å². The molecule has 0 aromatic heterocycles. The number of hydrogen-bond acceptors (Lipinski definition) is 3. The minimum atomic E-state index is -0.564. The molecule has 0 amide bonds. The third-order valence-electron chi connectivity index (χ3n) is 2.93. The maximum atomic E-state index is 9.70. The van der Waals surface area contributed by atoms with E-state index in [1.54, 1.807) is 12.1 Å². The predicted molar refractivity (Wildman–Crippen MR) is 56.8 cm³/mol. The highest BCUT2D eigenvalue weighted by molar-refractivity contribution is 5.46. The first-order valence-electron chi connectivity index (χ1n) is 5.34. The molecule has 15 heavy (non-hydrogen) atoms. The highest BCUT2D eigenvalue weighted by Crippen LogP contribution is 2.40. The summed E-state index contributed by atoms with van der Waals surface area (Å²) in [5, 5.41) is 9.70. The molecule has 0 saturated carbocycles. The lowest BCUT2D eigenvalue weighted by molar-refractivity contribution is -0.209. The summed E-state index contributed by atoms with van der Waals surface area (Å²) in [4.78, 5) is 0. The third kappa shape index (κ3) is 1.67. The lowest BCUT2D eigenvalue weighted by Crippen LogP contribution is -2.40. The van der Waals surface area contributed by atoms with Gasteiger partial charge < -0.3 is 14.6 Å². The van der Waals surface area contributed by atoms with Gasteiger partial charge in [-0.25, -0.2) is 0 Å². The number of rotatable bonds is 2. The van der Waals surface area contributed by atoms with Crippen LogP contribution < -0.4 is 4.74 Å². The number of fused-ring (bicyclic) bond motifs is 1. The van der Waals surface area contributed by atoms with Crippen LogP contribution in [-0.2, 0) is 11.3 Å². The van der Waals surface area contributed by atoms with E-state index in [4.69, 9.17) is 9.47 Å². The molecule has 0 fully saturated rings. The monoisotopic (exact) mass is 208 g/mol. The standard InChI is InChI=1S/C12H16O3/c1-3-12(4-2)14-8-9-6-5-7-10(13)11(9)15-12/h5-7,13H,3-4,8H2,1-2H3. The minimum absolute atomic E-state index is 0.196. The molecule has 0 radical (unpaired) electrons. The Morgan fingerprint density at radius 1 is 1.33 bits per heavy atom. The summed E-state index contributed by atoms with van der Waals surface area (Å²) in [6, 6.07) is 5.34. The number of para-hydroxylation sites is 1. The molecule has 0 spiro atoms. The molecule has 1 aromatic rings. The second-order valence-electron chi connectivity index (χ2n) is 3.77. The Morgan fingerprint density at radius 2 is 2.07 bits per heavy atom. The van der Waals surface area contributed by atoms with Crippen molar-refractivity contribution < 1.29 is 14.6 Å². The number of hydrogen-bond donors (Lipinski definition) is 1. The fraction of sp³-hybridized carbons (Fsp3) is 0.500. The number of ether oxygens (including phenoxy) is 2. The van der Waals surface area contributed by atoms with Crippen LogP contribution in [0.1, 0.15) is 32.3 Å². The van der Waals surface area contributed by atoms with Gasteiger partial charge in [-0.1, -0.05) is 26.0 Å². The zero-order chi connectivity index (χ0) is 10.9. The molecule has 3 nitrogen and oxygen atoms in total. The van der Waals surface area contributed by atoms with Crippen molar-refractivity contribution in [2.75, 3.05) is 0 Å². The van der Waals surface area contributed by atoms with E-state index in [0.717, 1.165) is 18.4 Å². The summed E-state index contributed by atoms with van der Waals surface area (Å²) in [6.07, 6.45) is 1.55. The molecule has 1 aliphatic heterocycles. The largest absolute Gasteiger partial charge is 0.504 e. The first-order valence-corrected chi connectivity index (χ1v) is 5.34. The Kier molecular flexibility index (Phi) is 2.57. The summed E-state index contributed by atoms with van der Waals surface area (Å²) < 4.78 is 11.5. The van der Waals surface area contributed by atoms with E-state index in [9.17, 15) is 5.11 Å². The Bertz CT molecular complexity index is 356. The van der Waals surface area contributed by atoms with E-state index in [1.165, 1.54) is 0 Å². The first-order chi connectivity index (χ1) is 7.21. The second kappa shape index (κ2) is 3.74. The van der Waals surface area contributed by atoms with Gasteiger partial charge in [0.1, 0.15) is 0 Å². The van der Waals surface area contributed by atoms with Crippen LogP contribution in [0.5, 0.6) is 11.5 Å². The molecule has 1 heterocycles. The van der Waals surface area contributed by atoms with Gasteiger partial charge in [-0.3, -0.25) is 0 Å². The van der Waals surface area contributed by atoms with E-state index in [0.29, 0.717) is 12.4 Å². The summed E-state index contributed by atoms with van der Waals surface area (Å²) in [5.74, 6) is 0.209. The smallest absolute Gasteiger partial charge is 0.210 e. The summed E-state index contributed by atoms with van der Waals surface area (Å²) in [6.45, 7) is 4.55. The van der Waals surface area contributed by atoms with Gasteiger partial charge in [0.05, 0.1) is 6.61 Å². The van der Waals surface area contributed by atoms with E-state index in [-0.39, 0.29) is 5.75 Å². The van der Waals surface area contributed by atoms with Crippen molar-refractivity contribution in [1.82, 2.24) is 0 Å². The van der Waals surface area contributed by atoms with Crippen LogP contribution in [0.15, 0.2) is 18.2 Å². The lowest BCUT2D eigenvalue weighted by atomic mass is 10.1. The molecule has 82 valence electrons. The van der Waals surface area contributed by atoms with Crippen LogP contribution >= 0.6 is 0 Å². The quantitative estimate of drug-likeness (QED) is 0.812. The van der Waals surface area contributed by atoms with Gasteiger partial charge in [0.2, 0.25) is 5.79 Å². The molecule has 1 aromatic carbocycles. The molecular weight excluding hydrogens is 192 g/mol. The average Bonchev–Trinajstić information content (AvgIpc) is 2.29. The Hall–Kier alpha value is -1.22. The van der Waals surface area contributed by atoms with Crippen LogP contribution in [-0.4, -0.2) is 10.9 Å². The second-order valence-corrected chi connectivity index (χ2v) is 3.77. The van der Waals surface area contributed by atoms with Crippen LogP contribution in [0.3, 0.4) is 0 Å². The third-order valence-corrected chi connectivity index (χ3v) is 2.93. The zero-order valence-electron chi connectivity index (χ0n) is 9.12. The van der Waals surface area contributed by atoms with Gasteiger partial charge in [0, 0.05) is 18.4 Å². The normalized spacial score (nSPS) is 18.0. The topological polar surface area (TPSA) is 38.7 Å². The Balaban J connectivity index is 2.36. The highest BCUT2D eigenvalue weighted by Gasteiger charge is 2.35. The van der Waals surface area contributed by atoms with Gasteiger partial charge in [-0.15, -0.1) is 0 Å². The molecule has 0 atom stereocenters. The van der Waals surface area contributed by atoms with E-state index < -0.39 is 5.79 Å². The van der Waals surface area contributed by atoms with Crippen LogP contribution in [0.25, 0.3) is 0 Å². The van der Waals surface area contributed by atoms with Gasteiger partial charge in [0.15, 0.2) is 11.5 Å². The molecular formula is C12H16O3. The van der Waals surface area contributed by atoms with Crippen molar-refractivity contribution >= 4 is 0 Å². The van der Waals surface area contributed by atoms with Crippen molar-refractivity contribution in [2.45, 2.75) is 39.1 Å². The molecule has 0 saturated heterocycles. The minimum Gasteiger partial charge on any atom is -0.504 e. The Morgan fingerprint density at radius 3 is 2.73 bits per heavy atom. The number of aromatic hydroxyl groups is 1. The SMILES string of the molecule is CCC1(CC)OCc2cccc(O)c2O1. The van der Waals surface area contributed by atoms with Gasteiger partial charge >= 0.3 is 0 Å². The van der Waals surface area contributed by atoms with Crippen molar-refractivity contribution in [2.24, 2.45) is 0 Å². The predicted octanol–water partition coefficient (Wildman–Crippen LogP) is 2.82. The summed E-state index contributed by atoms with van der Waals surface area (Å²) >= 11 is 0. The maximum Gasteiger partial charge on any atom is 0.210 e. The molecule has 2 rings (SSSR count). The molecule has 1 aliphatic rings. The molecule has 0 unspecified atom stereocenters. The maximum absolute atomic E-state index is 9.70. The molecule has 1 N–H and O–H groups in total. The summed E-state index contributed by atoms with van der Waals surface area (Å²) in [5.41, 5.74) is 0.910. The molecule has 0 aliphatic carbocycles. The van der Waals surface area contributed by atoms with Gasteiger partial charge in [-0.05, 0) is 6.07 Å². The Labute approximate surface area is 89.6 Å². The molecule has 3 heteroatoms. The van der Waals surface area contributed by atoms with Gasteiger partial charge in [0.25, 0.3) is 0 Å². The summed E-state index contributed by atoms with van der Waals surface area (Å²) in [7, 11) is 0.